The van der Waals surface area contributed by atoms with Crippen LogP contribution in [0.3, 0.4) is 0 Å². The fourth-order valence-electron chi connectivity index (χ4n) is 8.19. The number of esters is 2. The number of piperidine rings is 1. The summed E-state index contributed by atoms with van der Waals surface area (Å²) in [5.74, 6) is -5.64. The van der Waals surface area contributed by atoms with E-state index in [4.69, 9.17) is 134 Å². The first kappa shape index (κ1) is 222. The third-order valence-electron chi connectivity index (χ3n) is 14.0. The van der Waals surface area contributed by atoms with E-state index >= 15 is 0 Å². The van der Waals surface area contributed by atoms with Gasteiger partial charge in [0.1, 0.15) is 13.2 Å². The number of carbonyl (C=O) groups is 5. The molecule has 136 heavy (non-hydrogen) atoms. The van der Waals surface area contributed by atoms with Crippen molar-refractivity contribution in [2.24, 2.45) is 34.8 Å². The van der Waals surface area contributed by atoms with E-state index in [0.29, 0.717) is 37.3 Å². The van der Waals surface area contributed by atoms with E-state index in [1.807, 2.05) is 28.1 Å². The number of hydrogen-bond acceptors (Lipinski definition) is 32. The standard InChI is InChI=1S/C76H121N3O32.25Y/c1-8-11-85-13-14-86-15-16-87-17-18-88-19-20-89-21-22-90-23-24-91-25-26-92-27-28-93-29-30-94-31-32-95-33-34-96-35-36-97-37-38-98-39-40-99-41-42-100-43-44-101-45-46-102-47-48-103-49-50-104-51-52-105-53-54-106-55-56-107-57-58-108-59-60-109-61-62-111-75(84)76(4,9-2)66-70(74(83)110-12-10-79(5,6)7)65-68(71(77)80)64-69-63-67(3)72(81)78-73(69)82;;;;;;;;;;;;;;;;;;;;;;;;;/h13,15,17,19,21,23,25,27,29,31,33,35,37,39,41,43,45,47,49,51,53,55,57,59,61,67-70H,8-12,14,16,18,20,22,24,26,28,30,32,34,36,38,40,42,44,46,48,50,52,54,56,58,60,62-66H2,1-7H3,(H2,77,80)(H,78,81,82);;;;;;;;;;;;;;;;;;;;;;;;;/q-24;;;;;;;;;;;;;;;;;;;;;;;;;. The minimum absolute atomic E-state index is 0. The second kappa shape index (κ2) is 177. The molecule has 1 fully saturated rings. The van der Waals surface area contributed by atoms with Crippen LogP contribution in [0.15, 0.2) is 0 Å². The SMILES string of the molecule is CCCO[CH-]CO[CH-]CO[CH-]CO[CH-]CO[CH-]CO[CH-]CO[CH-]CO[CH-]CO[CH-]CO[CH-]CO[CH-]CO[CH-]CO[CH-]CO[CH-]CO[CH-]CO[CH-]CO[CH-]CO[CH-]CO[CH-]CO[CH-]CO[CH-]CO[CH-]CO[CH-]CO[CH-]CO[CH-]COC(=O)C(C)(CC)CC(CC(CC1CC(C)C(=O)NC1=O)C(N)=O)C(=O)OCC[N+](C)(C)C.[Y].[Y].[Y].[Y].[Y].[Y].[Y].[Y].[Y].[Y].[Y].[Y].[Y].[Y].[Y].[Y].[Y].[Y].[Y].[Y].[Y].[Y].[Y].[Y].[Y]. The number of ether oxygens (including phenoxy) is 27. The van der Waals surface area contributed by atoms with Crippen LogP contribution in [0.1, 0.15) is 66.2 Å². The number of carbonyl (C=O) groups excluding carboxylic acids is 5. The van der Waals surface area contributed by atoms with Crippen LogP contribution in [0.4, 0.5) is 0 Å². The van der Waals surface area contributed by atoms with Crippen molar-refractivity contribution in [1.29, 1.82) is 0 Å². The fourth-order valence-corrected chi connectivity index (χ4v) is 8.19. The van der Waals surface area contributed by atoms with Crippen molar-refractivity contribution in [2.45, 2.75) is 66.2 Å². The van der Waals surface area contributed by atoms with Gasteiger partial charge in [0.25, 0.3) is 0 Å². The Morgan fingerprint density at radius 3 is 0.721 bits per heavy atom. The minimum atomic E-state index is -1.15. The van der Waals surface area contributed by atoms with Gasteiger partial charge >= 0.3 is 11.9 Å². The number of hydrogen-bond donors (Lipinski definition) is 2. The molecule has 1 aliphatic rings. The second-order valence-corrected chi connectivity index (χ2v) is 23.9. The molecule has 35 nitrogen and oxygen atoms in total. The zero-order valence-corrected chi connectivity index (χ0v) is 151. The Hall–Kier alpha value is 24.1. The molecule has 5 unspecified atom stereocenters. The fraction of sp³-hybridized carbons (Fsp3) is 0.605. The first-order valence-electron chi connectivity index (χ1n) is 36.2. The van der Waals surface area contributed by atoms with Gasteiger partial charge in [-0.15, -0.1) is 0 Å². The average molecular weight is 3810 g/mol. The Balaban J connectivity index is -0.000000214. The number of rotatable bonds is 90. The van der Waals surface area contributed by atoms with E-state index in [-0.39, 0.29) is 1010 Å². The molecule has 0 aromatic rings. The van der Waals surface area contributed by atoms with Crippen molar-refractivity contribution < 1.29 is 974 Å². The van der Waals surface area contributed by atoms with Crippen LogP contribution in [0, 0.1) is 194 Å². The van der Waals surface area contributed by atoms with Gasteiger partial charge in [-0.1, -0.05) is 179 Å². The topological polar surface area (TPSA) is 373 Å². The minimum Gasteiger partial charge on any atom is -0.574 e. The number of likely N-dealkylation sites (N-methyl/N-ethyl adjacent to an activating group) is 1. The van der Waals surface area contributed by atoms with Crippen molar-refractivity contribution in [3.8, 4) is 0 Å². The van der Waals surface area contributed by atoms with E-state index in [9.17, 15) is 24.0 Å². The molecule has 0 bridgehead atoms. The summed E-state index contributed by atoms with van der Waals surface area (Å²) in [5.41, 5.74) is 4.66. The van der Waals surface area contributed by atoms with Crippen LogP contribution in [0.2, 0.25) is 0 Å². The zero-order valence-electron chi connectivity index (χ0n) is 79.8. The summed E-state index contributed by atoms with van der Waals surface area (Å²) < 4.78 is 144. The van der Waals surface area contributed by atoms with Crippen molar-refractivity contribution in [2.75, 3.05) is 206 Å². The molecule has 3 N–H and O–H groups in total. The van der Waals surface area contributed by atoms with Gasteiger partial charge in [0.2, 0.25) is 17.7 Å². The van der Waals surface area contributed by atoms with E-state index in [2.05, 4.69) is 5.32 Å². The molecule has 1 aliphatic heterocycles. The van der Waals surface area contributed by atoms with Gasteiger partial charge in [-0.25, -0.2) is 0 Å². The summed E-state index contributed by atoms with van der Waals surface area (Å²) in [6, 6.07) is 0. The van der Waals surface area contributed by atoms with Gasteiger partial charge in [0.05, 0.1) is 32.5 Å². The van der Waals surface area contributed by atoms with Gasteiger partial charge in [-0.05, 0) is 52.1 Å². The molecular weight excluding hydrogens is 3690 g/mol. The number of nitrogens with two attached hydrogens (primary N) is 1. The molecule has 0 aromatic carbocycles. The number of nitrogens with zero attached hydrogens (tertiary/aromatic N) is 1. The predicted molar refractivity (Wildman–Crippen MR) is 390 cm³/mol. The molecule has 731 valence electrons. The summed E-state index contributed by atoms with van der Waals surface area (Å²) in [5, 5.41) is 2.34. The van der Waals surface area contributed by atoms with E-state index in [0.717, 1.165) is 6.42 Å². The molecule has 60 heteroatoms. The maximum absolute atomic E-state index is 13.6. The molecule has 3 amide bonds. The third kappa shape index (κ3) is 160. The Bertz CT molecular complexity index is 2190. The van der Waals surface area contributed by atoms with Crippen molar-refractivity contribution in [3.05, 3.63) is 165 Å². The number of imide groups is 1. The molecule has 1 heterocycles. The summed E-state index contributed by atoms with van der Waals surface area (Å²) in [6.45, 7) is 50.5. The van der Waals surface area contributed by atoms with E-state index < -0.39 is 52.8 Å². The van der Waals surface area contributed by atoms with Crippen molar-refractivity contribution in [1.82, 2.24) is 5.32 Å². The monoisotopic (exact) mass is 3810 g/mol. The van der Waals surface area contributed by atoms with Gasteiger partial charge in [0, 0.05) is 842 Å². The smallest absolute Gasteiger partial charge is 0.309 e. The second-order valence-electron chi connectivity index (χ2n) is 23.9. The average Bonchev–Trinajstić information content (AvgIpc) is 0.549. The van der Waals surface area contributed by atoms with Gasteiger partial charge in [0.15, 0.2) is 0 Å². The Kier molecular flexibility index (Phi) is 288. The number of quaternary nitrogens is 1. The summed E-state index contributed by atoms with van der Waals surface area (Å²) in [6.07, 6.45) is 1.49. The molecule has 0 aromatic heterocycles. The van der Waals surface area contributed by atoms with Crippen LogP contribution in [0.5, 0.6) is 0 Å². The van der Waals surface area contributed by atoms with Crippen molar-refractivity contribution in [3.63, 3.8) is 0 Å². The first-order chi connectivity index (χ1) is 54.1. The maximum Gasteiger partial charge on any atom is 0.309 e. The number of primary amides is 1. The Labute approximate surface area is 1450 Å². The van der Waals surface area contributed by atoms with Gasteiger partial charge in [-0.3, -0.25) is 29.3 Å². The summed E-state index contributed by atoms with van der Waals surface area (Å²) in [7, 11) is 5.86. The molecular formula is C76H121N3O32Y25-24. The van der Waals surface area contributed by atoms with Crippen LogP contribution in [0.25, 0.3) is 0 Å². The summed E-state index contributed by atoms with van der Waals surface area (Å²) in [4.78, 5) is 64.5. The number of nitrogens with one attached hydrogen (secondary N) is 1. The third-order valence-corrected chi connectivity index (χ3v) is 14.0. The zero-order chi connectivity index (χ0) is 80.7. The molecule has 0 saturated carbocycles. The van der Waals surface area contributed by atoms with Crippen LogP contribution in [-0.2, 0) is 970 Å². The van der Waals surface area contributed by atoms with Crippen LogP contribution >= 0.6 is 0 Å². The molecule has 1 rings (SSSR count). The molecule has 25 radical (unpaired) electrons. The summed E-state index contributed by atoms with van der Waals surface area (Å²) >= 11 is 0. The largest absolute Gasteiger partial charge is 0.574 e. The van der Waals surface area contributed by atoms with E-state index in [1.54, 1.807) is 34.0 Å². The molecule has 0 aliphatic carbocycles. The predicted octanol–water partition coefficient (Wildman–Crippen LogP) is 6.19. The van der Waals surface area contributed by atoms with Crippen molar-refractivity contribution >= 4 is 29.7 Å². The quantitative estimate of drug-likeness (QED) is 0.0225. The maximum atomic E-state index is 13.6. The van der Waals surface area contributed by atoms with E-state index in [1.165, 1.54) is 152 Å². The molecule has 5 atom stereocenters. The Morgan fingerprint density at radius 1 is 0.324 bits per heavy atom. The van der Waals surface area contributed by atoms with Crippen LogP contribution in [-0.4, -0.2) is 240 Å². The normalized spacial score (nSPS) is 12.3. The molecule has 1 saturated heterocycles. The first-order valence-corrected chi connectivity index (χ1v) is 36.2. The Morgan fingerprint density at radius 2 is 0.529 bits per heavy atom. The van der Waals surface area contributed by atoms with Crippen LogP contribution < -0.4 is 11.1 Å². The number of amides is 3. The molecule has 0 spiro atoms. The van der Waals surface area contributed by atoms with Gasteiger partial charge in [-0.2, -0.15) is 165 Å². The van der Waals surface area contributed by atoms with Gasteiger partial charge < -0.3 is 138 Å².